The molecule has 0 saturated carbocycles. The fourth-order valence-electron chi connectivity index (χ4n) is 2.15. The molecule has 0 aliphatic carbocycles. The second-order valence-electron chi connectivity index (χ2n) is 4.98. The Bertz CT molecular complexity index is 692. The van der Waals surface area contributed by atoms with Crippen molar-refractivity contribution in [3.63, 3.8) is 0 Å². The highest BCUT2D eigenvalue weighted by Gasteiger charge is 2.17. The Morgan fingerprint density at radius 3 is 2.71 bits per heavy atom. The first kappa shape index (κ1) is 15.6. The van der Waals surface area contributed by atoms with E-state index in [1.807, 2.05) is 19.1 Å². The van der Waals surface area contributed by atoms with Gasteiger partial charge in [-0.3, -0.25) is 9.59 Å². The van der Waals surface area contributed by atoms with Crippen LogP contribution in [0.15, 0.2) is 27.1 Å². The Kier molecular flexibility index (Phi) is 4.67. The van der Waals surface area contributed by atoms with Gasteiger partial charge in [0.05, 0.1) is 0 Å². The first-order chi connectivity index (χ1) is 9.88. The van der Waals surface area contributed by atoms with Gasteiger partial charge in [-0.1, -0.05) is 15.9 Å². The lowest BCUT2D eigenvalue weighted by atomic mass is 10.2. The minimum atomic E-state index is -0.861. The molecule has 1 aromatic heterocycles. The summed E-state index contributed by atoms with van der Waals surface area (Å²) in [6.07, 6.45) is 0.464. The zero-order chi connectivity index (χ0) is 15.6. The average Bonchev–Trinajstić information content (AvgIpc) is 2.81. The molecule has 112 valence electrons. The van der Waals surface area contributed by atoms with Gasteiger partial charge in [0, 0.05) is 29.9 Å². The number of carboxylic acids is 1. The number of furan rings is 1. The van der Waals surface area contributed by atoms with Crippen LogP contribution in [0.3, 0.4) is 0 Å². The number of aliphatic carboxylic acids is 1. The number of rotatable bonds is 5. The van der Waals surface area contributed by atoms with Gasteiger partial charge in [-0.05, 0) is 37.1 Å². The lowest BCUT2D eigenvalue weighted by molar-refractivity contribution is -0.137. The molecule has 2 aromatic rings. The third kappa shape index (κ3) is 3.64. The summed E-state index contributed by atoms with van der Waals surface area (Å²) in [5, 5.41) is 9.47. The molecule has 1 amide bonds. The average molecular weight is 354 g/mol. The Hall–Kier alpha value is -1.82. The first-order valence-corrected chi connectivity index (χ1v) is 7.34. The molecule has 1 heterocycles. The number of hydrogen-bond donors (Lipinski definition) is 1. The molecular weight excluding hydrogens is 338 g/mol. The van der Waals surface area contributed by atoms with Crippen LogP contribution in [0.5, 0.6) is 0 Å². The van der Waals surface area contributed by atoms with Crippen molar-refractivity contribution in [1.82, 2.24) is 4.90 Å². The largest absolute Gasteiger partial charge is 0.481 e. The fourth-order valence-corrected chi connectivity index (χ4v) is 2.74. The summed E-state index contributed by atoms with van der Waals surface area (Å²) in [4.78, 5) is 24.2. The van der Waals surface area contributed by atoms with Crippen LogP contribution in [0, 0.1) is 6.92 Å². The molecule has 6 heteroatoms. The summed E-state index contributed by atoms with van der Waals surface area (Å²) in [6.45, 7) is 2.30. The van der Waals surface area contributed by atoms with Gasteiger partial charge in [0.15, 0.2) is 5.76 Å². The molecule has 0 unspecified atom stereocenters. The van der Waals surface area contributed by atoms with E-state index in [-0.39, 0.29) is 18.1 Å². The van der Waals surface area contributed by atoms with E-state index in [0.717, 1.165) is 15.4 Å². The zero-order valence-electron chi connectivity index (χ0n) is 11.9. The third-order valence-electron chi connectivity index (χ3n) is 3.21. The normalized spacial score (nSPS) is 10.8. The van der Waals surface area contributed by atoms with E-state index in [1.165, 1.54) is 4.90 Å². The third-order valence-corrected chi connectivity index (χ3v) is 3.67. The summed E-state index contributed by atoms with van der Waals surface area (Å²) < 4.78 is 6.57. The van der Waals surface area contributed by atoms with Gasteiger partial charge < -0.3 is 14.4 Å². The highest BCUT2D eigenvalue weighted by Crippen LogP contribution is 2.27. The van der Waals surface area contributed by atoms with Gasteiger partial charge in [-0.2, -0.15) is 0 Å². The van der Waals surface area contributed by atoms with E-state index in [2.05, 4.69) is 15.9 Å². The summed E-state index contributed by atoms with van der Waals surface area (Å²) in [5.74, 6) is -0.837. The van der Waals surface area contributed by atoms with E-state index < -0.39 is 5.97 Å². The molecule has 0 spiro atoms. The number of benzene rings is 1. The van der Waals surface area contributed by atoms with E-state index >= 15 is 0 Å². The molecule has 0 radical (unpaired) electrons. The number of amides is 1. The highest BCUT2D eigenvalue weighted by molar-refractivity contribution is 9.10. The number of fused-ring (bicyclic) bond motifs is 1. The molecule has 0 aliphatic rings. The van der Waals surface area contributed by atoms with Gasteiger partial charge >= 0.3 is 5.97 Å². The minimum Gasteiger partial charge on any atom is -0.481 e. The number of aryl methyl sites for hydroxylation is 1. The van der Waals surface area contributed by atoms with Crippen LogP contribution in [-0.4, -0.2) is 35.5 Å². The van der Waals surface area contributed by atoms with Crippen LogP contribution in [0.2, 0.25) is 0 Å². The second kappa shape index (κ2) is 6.30. The highest BCUT2D eigenvalue weighted by atomic mass is 79.9. The maximum Gasteiger partial charge on any atom is 0.303 e. The van der Waals surface area contributed by atoms with Crippen LogP contribution >= 0.6 is 15.9 Å². The smallest absolute Gasteiger partial charge is 0.303 e. The number of nitrogens with zero attached hydrogens (tertiary/aromatic N) is 1. The molecule has 1 aromatic carbocycles. The van der Waals surface area contributed by atoms with Gasteiger partial charge in [-0.25, -0.2) is 0 Å². The van der Waals surface area contributed by atoms with Crippen molar-refractivity contribution in [2.24, 2.45) is 0 Å². The molecule has 0 bridgehead atoms. The minimum absolute atomic E-state index is 0.0454. The van der Waals surface area contributed by atoms with Gasteiger partial charge in [0.25, 0.3) is 5.91 Å². The maximum atomic E-state index is 12.3. The number of halogens is 1. The van der Waals surface area contributed by atoms with E-state index in [1.54, 1.807) is 13.1 Å². The Morgan fingerprint density at radius 1 is 1.33 bits per heavy atom. The molecular formula is C15H16BrNO4. The van der Waals surface area contributed by atoms with E-state index in [4.69, 9.17) is 9.52 Å². The van der Waals surface area contributed by atoms with Crippen molar-refractivity contribution in [3.8, 4) is 0 Å². The SMILES string of the molecule is Cc1cc(Br)cc2cc(C(=O)N(C)CCCC(=O)O)oc12. The predicted molar refractivity (Wildman–Crippen MR) is 82.5 cm³/mol. The van der Waals surface area contributed by atoms with Gasteiger partial charge in [0.1, 0.15) is 5.58 Å². The van der Waals surface area contributed by atoms with Gasteiger partial charge in [0.2, 0.25) is 0 Å². The lowest BCUT2D eigenvalue weighted by Crippen LogP contribution is -2.27. The van der Waals surface area contributed by atoms with Crippen LogP contribution in [-0.2, 0) is 4.79 Å². The quantitative estimate of drug-likeness (QED) is 0.893. The second-order valence-corrected chi connectivity index (χ2v) is 5.89. The van der Waals surface area contributed by atoms with Crippen LogP contribution < -0.4 is 0 Å². The first-order valence-electron chi connectivity index (χ1n) is 6.55. The molecule has 1 N–H and O–H groups in total. The standard InChI is InChI=1S/C15H16BrNO4/c1-9-6-11(16)7-10-8-12(21-14(9)10)15(20)17(2)5-3-4-13(18)19/h6-8H,3-5H2,1-2H3,(H,18,19). The van der Waals surface area contributed by atoms with Crippen LogP contribution in [0.4, 0.5) is 0 Å². The van der Waals surface area contributed by atoms with Crippen molar-refractivity contribution >= 4 is 38.8 Å². The lowest BCUT2D eigenvalue weighted by Gasteiger charge is -2.14. The molecule has 2 rings (SSSR count). The Labute approximate surface area is 130 Å². The summed E-state index contributed by atoms with van der Waals surface area (Å²) >= 11 is 3.41. The van der Waals surface area contributed by atoms with Gasteiger partial charge in [-0.15, -0.1) is 0 Å². The number of carbonyl (C=O) groups excluding carboxylic acids is 1. The van der Waals surface area contributed by atoms with E-state index in [9.17, 15) is 9.59 Å². The molecule has 21 heavy (non-hydrogen) atoms. The van der Waals surface area contributed by atoms with Crippen molar-refractivity contribution < 1.29 is 19.1 Å². The summed E-state index contributed by atoms with van der Waals surface area (Å²) in [5.41, 5.74) is 1.65. The number of carbonyl (C=O) groups is 2. The molecule has 5 nitrogen and oxygen atoms in total. The monoisotopic (exact) mass is 353 g/mol. The van der Waals surface area contributed by atoms with Crippen molar-refractivity contribution in [2.45, 2.75) is 19.8 Å². The van der Waals surface area contributed by atoms with Crippen molar-refractivity contribution in [2.75, 3.05) is 13.6 Å². The van der Waals surface area contributed by atoms with Crippen LogP contribution in [0.25, 0.3) is 11.0 Å². The number of hydrogen-bond acceptors (Lipinski definition) is 3. The summed E-state index contributed by atoms with van der Waals surface area (Å²) in [7, 11) is 1.64. The zero-order valence-corrected chi connectivity index (χ0v) is 13.4. The topological polar surface area (TPSA) is 70.8 Å². The fraction of sp³-hybridized carbons (Fsp3) is 0.333. The Morgan fingerprint density at radius 2 is 2.05 bits per heavy atom. The van der Waals surface area contributed by atoms with Crippen molar-refractivity contribution in [1.29, 1.82) is 0 Å². The van der Waals surface area contributed by atoms with E-state index in [0.29, 0.717) is 18.5 Å². The van der Waals surface area contributed by atoms with Crippen molar-refractivity contribution in [3.05, 3.63) is 34.0 Å². The molecule has 0 saturated heterocycles. The molecule has 0 fully saturated rings. The maximum absolute atomic E-state index is 12.3. The molecule has 0 atom stereocenters. The summed E-state index contributed by atoms with van der Waals surface area (Å²) in [6, 6.07) is 5.53. The van der Waals surface area contributed by atoms with Crippen LogP contribution in [0.1, 0.15) is 29.0 Å². The predicted octanol–water partition coefficient (Wildman–Crippen LogP) is 3.44. The Balaban J connectivity index is 2.15. The number of carboxylic acid groups (broad SMARTS) is 1. The molecule has 0 aliphatic heterocycles.